The Morgan fingerprint density at radius 2 is 1.02 bits per heavy atom. The van der Waals surface area contributed by atoms with Gasteiger partial charge in [0.05, 0.1) is 0 Å². The highest BCUT2D eigenvalue weighted by Gasteiger charge is 2.19. The predicted molar refractivity (Wildman–Crippen MR) is 230 cm³/mol. The second-order valence-corrected chi connectivity index (χ2v) is 15.1. The fraction of sp³-hybridized carbons (Fsp3) is 0.766. The molecule has 0 aliphatic rings. The van der Waals surface area contributed by atoms with Gasteiger partial charge in [-0.3, -0.25) is 9.59 Å². The SMILES string of the molecule is CC/C=C\C/C=C\C/C=C\C/C=C\CCCCC(CCCCCCCC(=O)NC(CCCN)C(=O)O)OC(=O)CCCCCCCCCCCCCCC. The number of carboxylic acids is 1. The lowest BCUT2D eigenvalue weighted by Crippen LogP contribution is -2.40. The van der Waals surface area contributed by atoms with Crippen molar-refractivity contribution in [1.29, 1.82) is 0 Å². The minimum atomic E-state index is -1.01. The van der Waals surface area contributed by atoms with E-state index in [9.17, 15) is 19.5 Å². The molecule has 0 radical (unpaired) electrons. The van der Waals surface area contributed by atoms with Crippen molar-refractivity contribution in [2.24, 2.45) is 5.73 Å². The summed E-state index contributed by atoms with van der Waals surface area (Å²) in [6.07, 6.45) is 50.1. The maximum atomic E-state index is 12.8. The first-order valence-electron chi connectivity index (χ1n) is 22.5. The van der Waals surface area contributed by atoms with Crippen LogP contribution in [0.1, 0.15) is 213 Å². The third-order valence-electron chi connectivity index (χ3n) is 9.91. The summed E-state index contributed by atoms with van der Waals surface area (Å²) in [6.45, 7) is 4.83. The fourth-order valence-electron chi connectivity index (χ4n) is 6.56. The van der Waals surface area contributed by atoms with E-state index in [1.165, 1.54) is 70.6 Å². The minimum absolute atomic E-state index is 0.0239. The molecule has 4 N–H and O–H groups in total. The maximum Gasteiger partial charge on any atom is 0.326 e. The van der Waals surface area contributed by atoms with Gasteiger partial charge < -0.3 is 20.9 Å². The lowest BCUT2D eigenvalue weighted by molar-refractivity contribution is -0.150. The van der Waals surface area contributed by atoms with Crippen molar-refractivity contribution in [3.8, 4) is 0 Å². The molecule has 0 aromatic carbocycles. The van der Waals surface area contributed by atoms with Gasteiger partial charge in [-0.1, -0.05) is 159 Å². The van der Waals surface area contributed by atoms with Gasteiger partial charge in [0, 0.05) is 12.8 Å². The lowest BCUT2D eigenvalue weighted by atomic mass is 10.0. The summed E-state index contributed by atoms with van der Waals surface area (Å²) in [7, 11) is 0. The summed E-state index contributed by atoms with van der Waals surface area (Å²) in [5.74, 6) is -1.26. The number of hydrogen-bond donors (Lipinski definition) is 3. The standard InChI is InChI=1S/C47H84N2O5/c1-3-5-7-9-11-13-15-17-18-20-21-23-25-28-32-37-43(38-33-29-27-30-34-40-45(50)49-44(47(52)53)39-36-42-48)54-46(51)41-35-31-26-24-22-19-16-14-12-10-8-6-4-2/h5,7,11,13,17-18,21,23,43-44H,3-4,6,8-10,12,14-16,19-20,22,24-42,48H2,1-2H3,(H,49,50)(H,52,53)/b7-5-,13-11-,18-17-,23-21-. The van der Waals surface area contributed by atoms with E-state index in [1.54, 1.807) is 0 Å². The van der Waals surface area contributed by atoms with Crippen LogP contribution in [0.5, 0.6) is 0 Å². The van der Waals surface area contributed by atoms with E-state index in [4.69, 9.17) is 10.5 Å². The first kappa shape index (κ1) is 51.3. The number of esters is 1. The summed E-state index contributed by atoms with van der Waals surface area (Å²) in [5.41, 5.74) is 5.49. The Hall–Kier alpha value is -2.67. The number of ether oxygens (including phenoxy) is 1. The predicted octanol–water partition coefficient (Wildman–Crippen LogP) is 12.8. The molecule has 54 heavy (non-hydrogen) atoms. The average Bonchev–Trinajstić information content (AvgIpc) is 3.16. The van der Waals surface area contributed by atoms with E-state index in [2.05, 4.69) is 67.8 Å². The Morgan fingerprint density at radius 3 is 1.54 bits per heavy atom. The van der Waals surface area contributed by atoms with Gasteiger partial charge in [-0.25, -0.2) is 4.79 Å². The number of unbranched alkanes of at least 4 members (excludes halogenated alkanes) is 18. The molecule has 0 bridgehead atoms. The average molecular weight is 757 g/mol. The summed E-state index contributed by atoms with van der Waals surface area (Å²) >= 11 is 0. The summed E-state index contributed by atoms with van der Waals surface area (Å²) < 4.78 is 6.04. The van der Waals surface area contributed by atoms with Crippen molar-refractivity contribution in [3.05, 3.63) is 48.6 Å². The van der Waals surface area contributed by atoms with Crippen molar-refractivity contribution in [1.82, 2.24) is 5.32 Å². The Bertz CT molecular complexity index is 989. The molecular formula is C47H84N2O5. The van der Waals surface area contributed by atoms with Gasteiger partial charge in [0.15, 0.2) is 0 Å². The van der Waals surface area contributed by atoms with Crippen LogP contribution in [-0.4, -0.2) is 41.6 Å². The molecule has 312 valence electrons. The van der Waals surface area contributed by atoms with Crippen LogP contribution in [0.4, 0.5) is 0 Å². The first-order valence-corrected chi connectivity index (χ1v) is 22.5. The molecule has 2 atom stereocenters. The number of carbonyl (C=O) groups excluding carboxylic acids is 2. The van der Waals surface area contributed by atoms with Crippen LogP contribution in [0.2, 0.25) is 0 Å². The highest BCUT2D eigenvalue weighted by atomic mass is 16.5. The van der Waals surface area contributed by atoms with Crippen LogP contribution in [0.3, 0.4) is 0 Å². The van der Waals surface area contributed by atoms with Crippen LogP contribution in [0.15, 0.2) is 48.6 Å². The van der Waals surface area contributed by atoms with Crippen molar-refractivity contribution < 1.29 is 24.2 Å². The van der Waals surface area contributed by atoms with Crippen LogP contribution in [0.25, 0.3) is 0 Å². The Labute approximate surface area is 332 Å². The Balaban J connectivity index is 4.42. The molecule has 0 aromatic heterocycles. The smallest absolute Gasteiger partial charge is 0.326 e. The number of amides is 1. The van der Waals surface area contributed by atoms with Gasteiger partial charge in [0.2, 0.25) is 5.91 Å². The Morgan fingerprint density at radius 1 is 0.556 bits per heavy atom. The van der Waals surface area contributed by atoms with E-state index in [1.807, 2.05) is 0 Å². The molecule has 0 aromatic rings. The van der Waals surface area contributed by atoms with Crippen molar-refractivity contribution in [2.45, 2.75) is 225 Å². The van der Waals surface area contributed by atoms with Gasteiger partial charge in [-0.05, 0) is 96.4 Å². The zero-order valence-electron chi connectivity index (χ0n) is 35.1. The van der Waals surface area contributed by atoms with E-state index < -0.39 is 12.0 Å². The van der Waals surface area contributed by atoms with Gasteiger partial charge in [-0.15, -0.1) is 0 Å². The molecule has 0 saturated carbocycles. The number of rotatable bonds is 40. The molecule has 0 fully saturated rings. The normalized spacial score (nSPS) is 13.1. The molecule has 0 saturated heterocycles. The van der Waals surface area contributed by atoms with Crippen LogP contribution < -0.4 is 11.1 Å². The zero-order valence-corrected chi connectivity index (χ0v) is 35.1. The van der Waals surface area contributed by atoms with E-state index in [-0.39, 0.29) is 18.0 Å². The van der Waals surface area contributed by atoms with Crippen molar-refractivity contribution >= 4 is 17.8 Å². The summed E-state index contributed by atoms with van der Waals surface area (Å²) in [4.78, 5) is 36.4. The van der Waals surface area contributed by atoms with E-state index >= 15 is 0 Å². The highest BCUT2D eigenvalue weighted by Crippen LogP contribution is 2.18. The molecule has 7 heteroatoms. The number of nitrogens with one attached hydrogen (secondary N) is 1. The zero-order chi connectivity index (χ0) is 39.6. The molecule has 1 amide bonds. The largest absolute Gasteiger partial charge is 0.480 e. The molecular weight excluding hydrogens is 673 g/mol. The molecule has 2 unspecified atom stereocenters. The van der Waals surface area contributed by atoms with Gasteiger partial charge in [0.25, 0.3) is 0 Å². The van der Waals surface area contributed by atoms with Crippen LogP contribution in [0, 0.1) is 0 Å². The number of allylic oxidation sites excluding steroid dienone is 8. The first-order chi connectivity index (χ1) is 26.4. The second-order valence-electron chi connectivity index (χ2n) is 15.1. The summed E-state index contributed by atoms with van der Waals surface area (Å²) in [5, 5.41) is 11.9. The molecule has 0 heterocycles. The molecule has 0 aliphatic heterocycles. The summed E-state index contributed by atoms with van der Waals surface area (Å²) in [6, 6.07) is -0.862. The number of aliphatic carboxylic acids is 1. The number of hydrogen-bond acceptors (Lipinski definition) is 5. The topological polar surface area (TPSA) is 119 Å². The minimum Gasteiger partial charge on any atom is -0.480 e. The van der Waals surface area contributed by atoms with E-state index in [0.29, 0.717) is 32.2 Å². The third-order valence-corrected chi connectivity index (χ3v) is 9.91. The second kappa shape index (κ2) is 41.5. The highest BCUT2D eigenvalue weighted by molar-refractivity contribution is 5.83. The third kappa shape index (κ3) is 37.6. The van der Waals surface area contributed by atoms with E-state index in [0.717, 1.165) is 103 Å². The maximum absolute atomic E-state index is 12.8. The van der Waals surface area contributed by atoms with Gasteiger partial charge >= 0.3 is 11.9 Å². The van der Waals surface area contributed by atoms with Crippen molar-refractivity contribution in [3.63, 3.8) is 0 Å². The molecule has 0 spiro atoms. The van der Waals surface area contributed by atoms with Gasteiger partial charge in [-0.2, -0.15) is 0 Å². The van der Waals surface area contributed by atoms with Crippen molar-refractivity contribution in [2.75, 3.05) is 6.54 Å². The van der Waals surface area contributed by atoms with Crippen LogP contribution in [-0.2, 0) is 19.1 Å². The quantitative estimate of drug-likeness (QED) is 0.0325. The number of carboxylic acid groups (broad SMARTS) is 1. The molecule has 0 rings (SSSR count). The number of nitrogens with two attached hydrogens (primary N) is 1. The number of carbonyl (C=O) groups is 3. The monoisotopic (exact) mass is 757 g/mol. The molecule has 0 aliphatic carbocycles. The molecule has 7 nitrogen and oxygen atoms in total. The van der Waals surface area contributed by atoms with Gasteiger partial charge in [0.1, 0.15) is 12.1 Å². The fourth-order valence-corrected chi connectivity index (χ4v) is 6.56. The Kier molecular flexibility index (Phi) is 39.4. The van der Waals surface area contributed by atoms with Crippen LogP contribution >= 0.6 is 0 Å². The lowest BCUT2D eigenvalue weighted by Gasteiger charge is -2.18.